The van der Waals surface area contributed by atoms with Crippen molar-refractivity contribution in [2.45, 2.75) is 56.4 Å². The van der Waals surface area contributed by atoms with Crippen LogP contribution in [-0.4, -0.2) is 6.04 Å². The van der Waals surface area contributed by atoms with E-state index in [0.717, 1.165) is 17.9 Å². The van der Waals surface area contributed by atoms with Crippen molar-refractivity contribution in [3.05, 3.63) is 34.3 Å². The number of nitrogens with two attached hydrogens (primary N) is 1. The van der Waals surface area contributed by atoms with Crippen LogP contribution in [0, 0.1) is 0 Å². The Hall–Kier alpha value is -0.530. The lowest BCUT2D eigenvalue weighted by atomic mass is 9.60. The van der Waals surface area contributed by atoms with Crippen LogP contribution in [0.4, 0.5) is 0 Å². The topological polar surface area (TPSA) is 26.0 Å². The van der Waals surface area contributed by atoms with E-state index in [9.17, 15) is 0 Å². The zero-order valence-corrected chi connectivity index (χ0v) is 11.0. The molecule has 0 aromatic heterocycles. The Morgan fingerprint density at radius 1 is 1.18 bits per heavy atom. The van der Waals surface area contributed by atoms with Crippen LogP contribution in [0.15, 0.2) is 18.2 Å². The zero-order chi connectivity index (χ0) is 11.9. The molecule has 3 rings (SSSR count). The Morgan fingerprint density at radius 3 is 2.71 bits per heavy atom. The summed E-state index contributed by atoms with van der Waals surface area (Å²) in [7, 11) is 0. The van der Waals surface area contributed by atoms with E-state index in [1.165, 1.54) is 43.2 Å². The molecule has 1 unspecified atom stereocenters. The van der Waals surface area contributed by atoms with Gasteiger partial charge in [0.1, 0.15) is 0 Å². The highest BCUT2D eigenvalue weighted by Crippen LogP contribution is 2.47. The van der Waals surface area contributed by atoms with Gasteiger partial charge in [-0.1, -0.05) is 36.9 Å². The average Bonchev–Trinajstić information content (AvgIpc) is 2.35. The summed E-state index contributed by atoms with van der Waals surface area (Å²) in [5.41, 5.74) is 9.67. The van der Waals surface area contributed by atoms with Crippen LogP contribution in [0.2, 0.25) is 5.02 Å². The third-order valence-corrected chi connectivity index (χ3v) is 5.02. The lowest BCUT2D eigenvalue weighted by Crippen LogP contribution is -2.49. The minimum atomic E-state index is 0.260. The number of fused-ring (bicyclic) bond motifs is 2. The molecule has 0 bridgehead atoms. The molecule has 1 saturated carbocycles. The fraction of sp³-hybridized carbons (Fsp3) is 0.600. The summed E-state index contributed by atoms with van der Waals surface area (Å²) in [6, 6.07) is 6.77. The van der Waals surface area contributed by atoms with Gasteiger partial charge in [-0.15, -0.1) is 0 Å². The second-order valence-electron chi connectivity index (χ2n) is 5.66. The van der Waals surface area contributed by atoms with Crippen molar-refractivity contribution in [1.29, 1.82) is 0 Å². The summed E-state index contributed by atoms with van der Waals surface area (Å²) in [6.45, 7) is 0. The summed E-state index contributed by atoms with van der Waals surface area (Å²) in [5.74, 6) is 0. The SMILES string of the molecule is NC1CCc2cc(Cl)ccc2C12CCCCC2. The average molecular weight is 250 g/mol. The predicted octanol–water partition coefficient (Wildman–Crippen LogP) is 3.82. The highest BCUT2D eigenvalue weighted by atomic mass is 35.5. The molecule has 1 aromatic carbocycles. The molecule has 0 saturated heterocycles. The van der Waals surface area contributed by atoms with Gasteiger partial charge in [0, 0.05) is 16.5 Å². The molecule has 1 atom stereocenters. The summed E-state index contributed by atoms with van der Waals surface area (Å²) >= 11 is 6.11. The number of benzene rings is 1. The van der Waals surface area contributed by atoms with E-state index in [2.05, 4.69) is 12.1 Å². The Kier molecular flexibility index (Phi) is 2.92. The molecule has 1 aromatic rings. The molecule has 0 amide bonds. The predicted molar refractivity (Wildman–Crippen MR) is 72.5 cm³/mol. The largest absolute Gasteiger partial charge is 0.327 e. The van der Waals surface area contributed by atoms with Gasteiger partial charge in [-0.05, 0) is 48.9 Å². The van der Waals surface area contributed by atoms with Crippen LogP contribution in [0.3, 0.4) is 0 Å². The van der Waals surface area contributed by atoms with Crippen molar-refractivity contribution in [2.75, 3.05) is 0 Å². The van der Waals surface area contributed by atoms with Crippen molar-refractivity contribution < 1.29 is 0 Å². The van der Waals surface area contributed by atoms with E-state index in [4.69, 9.17) is 17.3 Å². The van der Waals surface area contributed by atoms with Gasteiger partial charge in [0.15, 0.2) is 0 Å². The maximum absolute atomic E-state index is 6.46. The van der Waals surface area contributed by atoms with Crippen molar-refractivity contribution in [3.8, 4) is 0 Å². The monoisotopic (exact) mass is 249 g/mol. The number of halogens is 1. The second-order valence-corrected chi connectivity index (χ2v) is 6.10. The van der Waals surface area contributed by atoms with Crippen LogP contribution in [0.5, 0.6) is 0 Å². The molecule has 1 nitrogen and oxygen atoms in total. The maximum Gasteiger partial charge on any atom is 0.0408 e. The first-order valence-electron chi connectivity index (χ1n) is 6.77. The molecule has 17 heavy (non-hydrogen) atoms. The number of aryl methyl sites for hydroxylation is 1. The molecule has 0 aliphatic heterocycles. The second kappa shape index (κ2) is 4.29. The van der Waals surface area contributed by atoms with Crippen molar-refractivity contribution in [1.82, 2.24) is 0 Å². The molecule has 2 heteroatoms. The lowest BCUT2D eigenvalue weighted by Gasteiger charge is -2.46. The molecular weight excluding hydrogens is 230 g/mol. The van der Waals surface area contributed by atoms with E-state index >= 15 is 0 Å². The first-order valence-corrected chi connectivity index (χ1v) is 7.15. The third kappa shape index (κ3) is 1.80. The first kappa shape index (κ1) is 11.6. The minimum Gasteiger partial charge on any atom is -0.327 e. The van der Waals surface area contributed by atoms with Crippen LogP contribution in [0.1, 0.15) is 49.7 Å². The van der Waals surface area contributed by atoms with Gasteiger partial charge in [0.05, 0.1) is 0 Å². The maximum atomic E-state index is 6.46. The third-order valence-electron chi connectivity index (χ3n) is 4.78. The van der Waals surface area contributed by atoms with Gasteiger partial charge in [-0.2, -0.15) is 0 Å². The van der Waals surface area contributed by atoms with Gasteiger partial charge < -0.3 is 5.73 Å². The summed E-state index contributed by atoms with van der Waals surface area (Å²) in [5, 5.41) is 0.866. The Morgan fingerprint density at radius 2 is 1.94 bits per heavy atom. The standard InChI is InChI=1S/C15H20ClN/c16-12-5-6-13-11(10-12)4-7-14(17)15(13)8-2-1-3-9-15/h5-6,10,14H,1-4,7-9,17H2. The zero-order valence-electron chi connectivity index (χ0n) is 10.2. The number of hydrogen-bond acceptors (Lipinski definition) is 1. The summed E-state index contributed by atoms with van der Waals surface area (Å²) in [4.78, 5) is 0. The quantitative estimate of drug-likeness (QED) is 0.743. The van der Waals surface area contributed by atoms with Gasteiger partial charge >= 0.3 is 0 Å². The smallest absolute Gasteiger partial charge is 0.0408 e. The molecule has 2 aliphatic rings. The molecule has 92 valence electrons. The van der Waals surface area contributed by atoms with E-state index < -0.39 is 0 Å². The van der Waals surface area contributed by atoms with Crippen molar-refractivity contribution >= 4 is 11.6 Å². The Bertz CT molecular complexity index is 421. The molecule has 1 spiro atoms. The normalized spacial score (nSPS) is 26.8. The van der Waals surface area contributed by atoms with Crippen LogP contribution >= 0.6 is 11.6 Å². The highest BCUT2D eigenvalue weighted by molar-refractivity contribution is 6.30. The van der Waals surface area contributed by atoms with Crippen molar-refractivity contribution in [3.63, 3.8) is 0 Å². The van der Waals surface area contributed by atoms with Crippen LogP contribution in [0.25, 0.3) is 0 Å². The van der Waals surface area contributed by atoms with E-state index in [-0.39, 0.29) is 5.41 Å². The van der Waals surface area contributed by atoms with Gasteiger partial charge in [-0.25, -0.2) is 0 Å². The molecule has 0 radical (unpaired) electrons. The van der Waals surface area contributed by atoms with Gasteiger partial charge in [-0.3, -0.25) is 0 Å². The molecule has 2 aliphatic carbocycles. The van der Waals surface area contributed by atoms with Gasteiger partial charge in [0.2, 0.25) is 0 Å². The summed E-state index contributed by atoms with van der Waals surface area (Å²) < 4.78 is 0. The van der Waals surface area contributed by atoms with Crippen LogP contribution < -0.4 is 5.73 Å². The molecule has 1 fully saturated rings. The Balaban J connectivity index is 2.09. The fourth-order valence-corrected chi connectivity index (χ4v) is 4.06. The first-order chi connectivity index (χ1) is 8.22. The van der Waals surface area contributed by atoms with E-state index in [0.29, 0.717) is 6.04 Å². The molecule has 0 heterocycles. The Labute approximate surface area is 108 Å². The lowest BCUT2D eigenvalue weighted by molar-refractivity contribution is 0.221. The van der Waals surface area contributed by atoms with E-state index in [1.807, 2.05) is 6.07 Å². The molecular formula is C15H20ClN. The van der Waals surface area contributed by atoms with Gasteiger partial charge in [0.25, 0.3) is 0 Å². The van der Waals surface area contributed by atoms with E-state index in [1.54, 1.807) is 0 Å². The summed E-state index contributed by atoms with van der Waals surface area (Å²) in [6.07, 6.45) is 8.78. The molecule has 2 N–H and O–H groups in total. The van der Waals surface area contributed by atoms with Crippen molar-refractivity contribution in [2.24, 2.45) is 5.73 Å². The van der Waals surface area contributed by atoms with Crippen LogP contribution in [-0.2, 0) is 11.8 Å². The highest BCUT2D eigenvalue weighted by Gasteiger charge is 2.42. The number of hydrogen-bond donors (Lipinski definition) is 1. The fourth-order valence-electron chi connectivity index (χ4n) is 3.86. The number of rotatable bonds is 0. The minimum absolute atomic E-state index is 0.260.